The Bertz CT molecular complexity index is 832. The molecule has 1 aliphatic carbocycles. The summed E-state index contributed by atoms with van der Waals surface area (Å²) in [7, 11) is 0. The highest BCUT2D eigenvalue weighted by molar-refractivity contribution is 5.88. The van der Waals surface area contributed by atoms with Crippen LogP contribution in [0.25, 0.3) is 0 Å². The van der Waals surface area contributed by atoms with E-state index in [4.69, 9.17) is 4.74 Å². The van der Waals surface area contributed by atoms with E-state index >= 15 is 0 Å². The summed E-state index contributed by atoms with van der Waals surface area (Å²) in [5, 5.41) is 6.44. The Morgan fingerprint density at radius 2 is 2.13 bits per heavy atom. The summed E-state index contributed by atoms with van der Waals surface area (Å²) >= 11 is 0. The van der Waals surface area contributed by atoms with Gasteiger partial charge in [-0.2, -0.15) is 0 Å². The second-order valence-corrected chi connectivity index (χ2v) is 9.06. The molecule has 5 rings (SSSR count). The molecule has 1 unspecified atom stereocenters. The van der Waals surface area contributed by atoms with E-state index in [9.17, 15) is 14.0 Å². The van der Waals surface area contributed by atoms with E-state index in [2.05, 4.69) is 15.5 Å². The summed E-state index contributed by atoms with van der Waals surface area (Å²) < 4.78 is 19.3. The summed E-state index contributed by atoms with van der Waals surface area (Å²) in [5.41, 5.74) is 2.35. The fourth-order valence-electron chi connectivity index (χ4n) is 5.50. The van der Waals surface area contributed by atoms with E-state index in [1.165, 1.54) is 6.07 Å². The normalized spacial score (nSPS) is 31.0. The van der Waals surface area contributed by atoms with E-state index in [-0.39, 0.29) is 29.9 Å². The number of aryl methyl sites for hydroxylation is 1. The number of nitrogens with zero attached hydrogens (tertiary/aromatic N) is 2. The molecule has 162 valence electrons. The minimum absolute atomic E-state index is 0.0461. The molecule has 0 spiro atoms. The van der Waals surface area contributed by atoms with Crippen molar-refractivity contribution in [3.05, 3.63) is 29.1 Å². The van der Waals surface area contributed by atoms with Crippen molar-refractivity contribution in [2.75, 3.05) is 31.6 Å². The molecular formula is C22H29FN4O3. The first kappa shape index (κ1) is 19.6. The average Bonchev–Trinajstić information content (AvgIpc) is 3.36. The number of hydrogen-bond donors (Lipinski definition) is 2. The minimum Gasteiger partial charge on any atom is -0.447 e. The molecule has 3 fully saturated rings. The van der Waals surface area contributed by atoms with Gasteiger partial charge < -0.3 is 15.4 Å². The predicted molar refractivity (Wildman–Crippen MR) is 110 cm³/mol. The van der Waals surface area contributed by atoms with Crippen LogP contribution >= 0.6 is 0 Å². The van der Waals surface area contributed by atoms with Crippen molar-refractivity contribution in [2.24, 2.45) is 0 Å². The van der Waals surface area contributed by atoms with Crippen LogP contribution in [0.15, 0.2) is 12.1 Å². The number of anilines is 1. The van der Waals surface area contributed by atoms with Gasteiger partial charge in [0, 0.05) is 49.4 Å². The number of hydrogen-bond acceptors (Lipinski definition) is 5. The molecule has 0 radical (unpaired) electrons. The topological polar surface area (TPSA) is 73.9 Å². The number of ether oxygens (including phenoxy) is 1. The summed E-state index contributed by atoms with van der Waals surface area (Å²) in [6.07, 6.45) is 4.28. The summed E-state index contributed by atoms with van der Waals surface area (Å²) in [6, 6.07) is 3.50. The Hall–Kier alpha value is -2.35. The van der Waals surface area contributed by atoms with Crippen molar-refractivity contribution in [1.82, 2.24) is 15.1 Å². The highest BCUT2D eigenvalue weighted by Gasteiger charge is 2.40. The van der Waals surface area contributed by atoms with Gasteiger partial charge in [-0.25, -0.2) is 9.18 Å². The number of amides is 2. The maximum Gasteiger partial charge on any atom is 0.410 e. The van der Waals surface area contributed by atoms with Crippen LogP contribution < -0.4 is 10.6 Å². The van der Waals surface area contributed by atoms with Gasteiger partial charge in [0.05, 0.1) is 6.04 Å². The molecule has 7 nitrogen and oxygen atoms in total. The number of halogens is 1. The molecular weight excluding hydrogens is 387 g/mol. The maximum atomic E-state index is 14.1. The largest absolute Gasteiger partial charge is 0.447 e. The van der Waals surface area contributed by atoms with Crippen LogP contribution in [0, 0.1) is 12.7 Å². The second-order valence-electron chi connectivity index (χ2n) is 9.06. The van der Waals surface area contributed by atoms with Crippen molar-refractivity contribution >= 4 is 17.7 Å². The Morgan fingerprint density at radius 1 is 1.27 bits per heavy atom. The average molecular weight is 416 g/mol. The van der Waals surface area contributed by atoms with E-state index in [0.29, 0.717) is 31.2 Å². The van der Waals surface area contributed by atoms with E-state index < -0.39 is 6.04 Å². The maximum absolute atomic E-state index is 14.1. The van der Waals surface area contributed by atoms with Crippen molar-refractivity contribution < 1.29 is 18.7 Å². The Labute approximate surface area is 175 Å². The van der Waals surface area contributed by atoms with E-state index in [0.717, 1.165) is 50.0 Å². The fraction of sp³-hybridized carbons (Fsp3) is 0.636. The van der Waals surface area contributed by atoms with Gasteiger partial charge in [0.1, 0.15) is 18.5 Å². The van der Waals surface area contributed by atoms with Crippen LogP contribution in [0.2, 0.25) is 0 Å². The van der Waals surface area contributed by atoms with Crippen LogP contribution in [-0.2, 0) is 16.0 Å². The molecule has 1 aromatic carbocycles. The zero-order valence-corrected chi connectivity index (χ0v) is 17.3. The number of rotatable bonds is 3. The molecule has 2 N–H and O–H groups in total. The smallest absolute Gasteiger partial charge is 0.410 e. The molecule has 3 heterocycles. The first-order chi connectivity index (χ1) is 14.5. The summed E-state index contributed by atoms with van der Waals surface area (Å²) in [6.45, 7) is 4.82. The molecule has 4 atom stereocenters. The molecule has 0 bridgehead atoms. The number of piperazine rings is 1. The van der Waals surface area contributed by atoms with Crippen molar-refractivity contribution in [3.63, 3.8) is 0 Å². The standard InChI is InChI=1S/C22H29FN4O3/c1-13-5-6-18(23)17-10-19(25-20(13)17)21(28)24-14-3-2-4-15(9-14)26-7-8-27-16(11-26)12-30-22(27)29/h5-6,14-16,19,25H,2-4,7-12H2,1H3,(H,24,28)/t14-,15+,16-,19?/m1/s1. The first-order valence-corrected chi connectivity index (χ1v) is 11.0. The molecule has 2 amide bonds. The number of cyclic esters (lactones) is 1. The first-order valence-electron chi connectivity index (χ1n) is 11.0. The second kappa shape index (κ2) is 7.72. The highest BCUT2D eigenvalue weighted by Crippen LogP contribution is 2.32. The molecule has 2 saturated heterocycles. The van der Waals surface area contributed by atoms with Gasteiger partial charge in [-0.05, 0) is 44.2 Å². The van der Waals surface area contributed by atoms with Gasteiger partial charge in [-0.3, -0.25) is 14.6 Å². The van der Waals surface area contributed by atoms with Gasteiger partial charge in [-0.15, -0.1) is 0 Å². The van der Waals surface area contributed by atoms with Gasteiger partial charge in [-0.1, -0.05) is 6.07 Å². The quantitative estimate of drug-likeness (QED) is 0.789. The molecule has 0 aromatic heterocycles. The lowest BCUT2D eigenvalue weighted by Crippen LogP contribution is -2.57. The van der Waals surface area contributed by atoms with Gasteiger partial charge >= 0.3 is 6.09 Å². The number of fused-ring (bicyclic) bond motifs is 2. The van der Waals surface area contributed by atoms with Crippen LogP contribution in [0.3, 0.4) is 0 Å². The third kappa shape index (κ3) is 3.51. The lowest BCUT2D eigenvalue weighted by Gasteiger charge is -2.43. The molecule has 3 aliphatic heterocycles. The molecule has 4 aliphatic rings. The summed E-state index contributed by atoms with van der Waals surface area (Å²) in [4.78, 5) is 28.9. The minimum atomic E-state index is -0.416. The third-order valence-corrected chi connectivity index (χ3v) is 7.16. The highest BCUT2D eigenvalue weighted by atomic mass is 19.1. The molecule has 30 heavy (non-hydrogen) atoms. The summed E-state index contributed by atoms with van der Waals surface area (Å²) in [5.74, 6) is -0.292. The molecule has 1 aromatic rings. The monoisotopic (exact) mass is 416 g/mol. The SMILES string of the molecule is Cc1ccc(F)c2c1NC(C(=O)N[C@@H]1CCC[C@H](N3CCN4C(=O)OC[C@H]4C3)C1)C2. The van der Waals surface area contributed by atoms with Gasteiger partial charge in [0.25, 0.3) is 0 Å². The van der Waals surface area contributed by atoms with Crippen molar-refractivity contribution in [3.8, 4) is 0 Å². The van der Waals surface area contributed by atoms with Crippen molar-refractivity contribution in [1.29, 1.82) is 0 Å². The Kier molecular flexibility index (Phi) is 5.05. The zero-order chi connectivity index (χ0) is 20.8. The Morgan fingerprint density at radius 3 is 2.97 bits per heavy atom. The van der Waals surface area contributed by atoms with Crippen molar-refractivity contribution in [2.45, 2.75) is 63.2 Å². The van der Waals surface area contributed by atoms with Crippen LogP contribution in [-0.4, -0.2) is 72.2 Å². The lowest BCUT2D eigenvalue weighted by molar-refractivity contribution is -0.122. The third-order valence-electron chi connectivity index (χ3n) is 7.16. The fourth-order valence-corrected chi connectivity index (χ4v) is 5.50. The van der Waals surface area contributed by atoms with Crippen LogP contribution in [0.5, 0.6) is 0 Å². The number of nitrogens with one attached hydrogen (secondary N) is 2. The number of carbonyl (C=O) groups is 2. The number of carbonyl (C=O) groups excluding carboxylic acids is 2. The molecule has 1 saturated carbocycles. The van der Waals surface area contributed by atoms with Gasteiger partial charge in [0.15, 0.2) is 0 Å². The van der Waals surface area contributed by atoms with Crippen LogP contribution in [0.1, 0.15) is 36.8 Å². The zero-order valence-electron chi connectivity index (χ0n) is 17.3. The lowest BCUT2D eigenvalue weighted by atomic mass is 9.89. The number of benzene rings is 1. The Balaban J connectivity index is 1.17. The predicted octanol–water partition coefficient (Wildman–Crippen LogP) is 2.03. The van der Waals surface area contributed by atoms with Crippen LogP contribution in [0.4, 0.5) is 14.9 Å². The van der Waals surface area contributed by atoms with E-state index in [1.54, 1.807) is 6.07 Å². The molecule has 8 heteroatoms. The van der Waals surface area contributed by atoms with E-state index in [1.807, 2.05) is 11.8 Å². The van der Waals surface area contributed by atoms with Gasteiger partial charge in [0.2, 0.25) is 5.91 Å².